The zero-order chi connectivity index (χ0) is 44.5. The van der Waals surface area contributed by atoms with Crippen LogP contribution >= 0.6 is 0 Å². The fraction of sp³-hybridized carbons (Fsp3) is 0.444. The van der Waals surface area contributed by atoms with Gasteiger partial charge in [-0.1, -0.05) is 35.5 Å². The van der Waals surface area contributed by atoms with Crippen molar-refractivity contribution in [3.8, 4) is 11.5 Å². The SMILES string of the molecule is CCN(CC)c1ccc2c(c1)Oc1cc(N(CC)CC)ccc1C21c2ccccc2C(=O)N1Cc1cn(C2C(OC(C)=O)OC(COC(C)=O)C(OC(C)=O)C2OC(C)=O)nn1. The Bertz CT molecular complexity index is 2300. The summed E-state index contributed by atoms with van der Waals surface area (Å²) < 4.78 is 36.5. The number of ether oxygens (including phenoxy) is 6. The van der Waals surface area contributed by atoms with Crippen molar-refractivity contribution >= 4 is 41.2 Å². The van der Waals surface area contributed by atoms with Crippen molar-refractivity contribution in [3.63, 3.8) is 0 Å². The topological polar surface area (TPSA) is 181 Å². The van der Waals surface area contributed by atoms with E-state index in [1.807, 2.05) is 60.7 Å². The molecule has 0 bridgehead atoms. The van der Waals surface area contributed by atoms with Crippen molar-refractivity contribution in [2.75, 3.05) is 42.6 Å². The molecule has 17 nitrogen and oxygen atoms in total. The summed E-state index contributed by atoms with van der Waals surface area (Å²) in [5.74, 6) is -1.93. The van der Waals surface area contributed by atoms with Crippen LogP contribution in [-0.4, -0.2) is 107 Å². The van der Waals surface area contributed by atoms with E-state index >= 15 is 0 Å². The maximum atomic E-state index is 15.0. The number of nitrogens with zero attached hydrogens (tertiary/aromatic N) is 6. The highest BCUT2D eigenvalue weighted by Gasteiger charge is 2.57. The molecule has 1 fully saturated rings. The molecule has 4 aromatic rings. The number of hydrogen-bond acceptors (Lipinski definition) is 15. The highest BCUT2D eigenvalue weighted by Crippen LogP contribution is 2.58. The van der Waals surface area contributed by atoms with E-state index in [1.165, 1.54) is 31.6 Å². The van der Waals surface area contributed by atoms with Crippen molar-refractivity contribution < 1.29 is 52.4 Å². The van der Waals surface area contributed by atoms with Crippen LogP contribution in [-0.2, 0) is 54.9 Å². The summed E-state index contributed by atoms with van der Waals surface area (Å²) in [6.07, 6.45) is -3.87. The quantitative estimate of drug-likeness (QED) is 0.118. The summed E-state index contributed by atoms with van der Waals surface area (Å²) in [5, 5.41) is 8.92. The molecular weight excluding hydrogens is 801 g/mol. The second-order valence-corrected chi connectivity index (χ2v) is 15.2. The molecule has 3 aliphatic heterocycles. The van der Waals surface area contributed by atoms with Gasteiger partial charge in [0.15, 0.2) is 18.2 Å². The minimum atomic E-state index is -1.49. The summed E-state index contributed by atoms with van der Waals surface area (Å²) in [5.41, 5.74) is 3.86. The predicted molar refractivity (Wildman–Crippen MR) is 224 cm³/mol. The lowest BCUT2D eigenvalue weighted by Crippen LogP contribution is -2.60. The number of benzene rings is 3. The lowest BCUT2D eigenvalue weighted by Gasteiger charge is -2.44. The Kier molecular flexibility index (Phi) is 12.6. The minimum Gasteiger partial charge on any atom is -0.463 e. The molecule has 3 aliphatic rings. The number of carbonyl (C=O) groups is 5. The van der Waals surface area contributed by atoms with E-state index < -0.39 is 66.7 Å². The molecule has 7 rings (SSSR count). The van der Waals surface area contributed by atoms with Gasteiger partial charge in [0.2, 0.25) is 6.29 Å². The summed E-state index contributed by atoms with van der Waals surface area (Å²) in [4.78, 5) is 70.6. The lowest BCUT2D eigenvalue weighted by atomic mass is 9.74. The van der Waals surface area contributed by atoms with E-state index in [4.69, 9.17) is 28.4 Å². The molecule has 5 unspecified atom stereocenters. The Morgan fingerprint density at radius 2 is 1.29 bits per heavy atom. The lowest BCUT2D eigenvalue weighted by molar-refractivity contribution is -0.280. The van der Waals surface area contributed by atoms with Crippen molar-refractivity contribution in [2.24, 2.45) is 0 Å². The number of fused-ring (bicyclic) bond motifs is 6. The van der Waals surface area contributed by atoms with E-state index in [2.05, 4.69) is 47.8 Å². The molecule has 0 saturated carbocycles. The second kappa shape index (κ2) is 17.8. The molecule has 1 amide bonds. The maximum absolute atomic E-state index is 15.0. The van der Waals surface area contributed by atoms with Gasteiger partial charge in [-0.05, 0) is 51.5 Å². The van der Waals surface area contributed by atoms with Crippen LogP contribution in [0.4, 0.5) is 11.4 Å². The van der Waals surface area contributed by atoms with Crippen LogP contribution in [0.15, 0.2) is 66.9 Å². The fourth-order valence-corrected chi connectivity index (χ4v) is 8.94. The Morgan fingerprint density at radius 1 is 0.726 bits per heavy atom. The maximum Gasteiger partial charge on any atom is 0.305 e. The van der Waals surface area contributed by atoms with Gasteiger partial charge in [-0.25, -0.2) is 4.68 Å². The zero-order valence-electron chi connectivity index (χ0n) is 36.2. The molecule has 3 aromatic carbocycles. The Balaban J connectivity index is 1.37. The van der Waals surface area contributed by atoms with Gasteiger partial charge in [-0.2, -0.15) is 0 Å². The summed E-state index contributed by atoms with van der Waals surface area (Å²) in [6.45, 7) is 15.7. The molecule has 0 N–H and O–H groups in total. The van der Waals surface area contributed by atoms with Crippen LogP contribution in [0.2, 0.25) is 0 Å². The van der Waals surface area contributed by atoms with Crippen LogP contribution in [0.3, 0.4) is 0 Å². The van der Waals surface area contributed by atoms with E-state index in [0.717, 1.165) is 61.2 Å². The summed E-state index contributed by atoms with van der Waals surface area (Å²) in [7, 11) is 0. The number of anilines is 2. The third kappa shape index (κ3) is 7.92. The van der Waals surface area contributed by atoms with Crippen LogP contribution in [0.25, 0.3) is 0 Å². The first-order valence-corrected chi connectivity index (χ1v) is 20.8. The highest BCUT2D eigenvalue weighted by molar-refractivity contribution is 6.02. The smallest absolute Gasteiger partial charge is 0.305 e. The minimum absolute atomic E-state index is 0.0749. The number of rotatable bonds is 14. The predicted octanol–water partition coefficient (Wildman–Crippen LogP) is 5.28. The van der Waals surface area contributed by atoms with Gasteiger partial charge < -0.3 is 43.1 Å². The van der Waals surface area contributed by atoms with Crippen molar-refractivity contribution in [1.82, 2.24) is 19.9 Å². The normalized spacial score (nSPS) is 20.6. The number of aromatic nitrogens is 3. The van der Waals surface area contributed by atoms with E-state index in [1.54, 1.807) is 4.90 Å². The molecule has 62 heavy (non-hydrogen) atoms. The van der Waals surface area contributed by atoms with Gasteiger partial charge in [0.25, 0.3) is 5.91 Å². The number of hydrogen-bond donors (Lipinski definition) is 0. The largest absolute Gasteiger partial charge is 0.463 e. The first-order chi connectivity index (χ1) is 29.7. The van der Waals surface area contributed by atoms with E-state index in [0.29, 0.717) is 22.8 Å². The van der Waals surface area contributed by atoms with E-state index in [-0.39, 0.29) is 12.5 Å². The van der Waals surface area contributed by atoms with Gasteiger partial charge in [-0.3, -0.25) is 24.0 Å². The molecule has 0 radical (unpaired) electrons. The fourth-order valence-electron chi connectivity index (χ4n) is 8.94. The standard InChI is InChI=1S/C45H52N6O11/c1-9-48(10-2)31-17-19-35-37(21-31)61-38-22-32(49(11-3)12-4)18-20-36(38)45(35)34-16-14-13-15-33(34)43(56)50(45)23-30-24-51(47-46-30)40-42(59-28(7)54)41(58-27(6)53)39(25-57-26(5)52)62-44(40)60-29(8)55/h13-22,24,39-42,44H,9-12,23,25H2,1-8H3. The van der Waals surface area contributed by atoms with Crippen molar-refractivity contribution in [2.45, 2.75) is 98.1 Å². The molecule has 328 valence electrons. The summed E-state index contributed by atoms with van der Waals surface area (Å²) in [6, 6.07) is 18.5. The first-order valence-electron chi connectivity index (χ1n) is 20.8. The van der Waals surface area contributed by atoms with Crippen molar-refractivity contribution in [3.05, 3.63) is 94.8 Å². The number of carbonyl (C=O) groups excluding carboxylic acids is 5. The molecule has 1 spiro atoms. The molecule has 1 aromatic heterocycles. The van der Waals surface area contributed by atoms with Gasteiger partial charge in [0, 0.05) is 94.1 Å². The molecule has 17 heteroatoms. The molecule has 4 heterocycles. The average molecular weight is 853 g/mol. The van der Waals surface area contributed by atoms with Crippen LogP contribution in [0, 0.1) is 0 Å². The third-order valence-electron chi connectivity index (χ3n) is 11.5. The van der Waals surface area contributed by atoms with E-state index in [9.17, 15) is 24.0 Å². The van der Waals surface area contributed by atoms with Gasteiger partial charge >= 0.3 is 23.9 Å². The average Bonchev–Trinajstić information content (AvgIpc) is 3.79. The Labute approximate surface area is 359 Å². The Hall–Kier alpha value is -6.49. The van der Waals surface area contributed by atoms with Crippen LogP contribution in [0.1, 0.15) is 94.2 Å². The first kappa shape index (κ1) is 43.6. The molecular formula is C45H52N6O11. The molecule has 1 saturated heterocycles. The van der Waals surface area contributed by atoms with Gasteiger partial charge in [-0.15, -0.1) is 5.10 Å². The molecule has 0 aliphatic carbocycles. The number of amides is 1. The Morgan fingerprint density at radius 3 is 1.84 bits per heavy atom. The van der Waals surface area contributed by atoms with Crippen LogP contribution < -0.4 is 14.5 Å². The van der Waals surface area contributed by atoms with Crippen molar-refractivity contribution in [1.29, 1.82) is 0 Å². The second-order valence-electron chi connectivity index (χ2n) is 15.2. The summed E-state index contributed by atoms with van der Waals surface area (Å²) >= 11 is 0. The monoisotopic (exact) mass is 852 g/mol. The van der Waals surface area contributed by atoms with Gasteiger partial charge in [0.1, 0.15) is 35.4 Å². The zero-order valence-corrected chi connectivity index (χ0v) is 36.2. The third-order valence-corrected chi connectivity index (χ3v) is 11.5. The highest BCUT2D eigenvalue weighted by atomic mass is 16.7. The number of esters is 4. The van der Waals surface area contributed by atoms with Crippen LogP contribution in [0.5, 0.6) is 11.5 Å². The van der Waals surface area contributed by atoms with Gasteiger partial charge in [0.05, 0.1) is 12.7 Å². The molecule has 5 atom stereocenters.